The summed E-state index contributed by atoms with van der Waals surface area (Å²) in [5, 5.41) is 4.64. The fraction of sp³-hybridized carbons (Fsp3) is 0.167. The van der Waals surface area contributed by atoms with Gasteiger partial charge in [-0.3, -0.25) is 0 Å². The van der Waals surface area contributed by atoms with E-state index < -0.39 is 18.3 Å². The van der Waals surface area contributed by atoms with Gasteiger partial charge in [0.25, 0.3) is 0 Å². The second-order valence-electron chi connectivity index (χ2n) is 12.0. The Morgan fingerprint density at radius 1 is 0.585 bits per heavy atom. The van der Waals surface area contributed by atoms with Crippen LogP contribution < -0.4 is 5.46 Å². The predicted octanol–water partition coefficient (Wildman–Crippen LogP) is 8.65. The van der Waals surface area contributed by atoms with Crippen LogP contribution in [0.25, 0.3) is 60.6 Å². The molecular formula is C36H30BNO3. The normalized spacial score (nSPS) is 16.4. The number of hydrogen-bond acceptors (Lipinski definition) is 3. The average Bonchev–Trinajstić information content (AvgIpc) is 3.59. The summed E-state index contributed by atoms with van der Waals surface area (Å²) in [6.45, 7) is 8.35. The highest BCUT2D eigenvalue weighted by Crippen LogP contribution is 2.41. The van der Waals surface area contributed by atoms with Crippen LogP contribution in [-0.4, -0.2) is 22.9 Å². The summed E-state index contributed by atoms with van der Waals surface area (Å²) in [5.74, 6) is 0. The second-order valence-corrected chi connectivity index (χ2v) is 12.0. The lowest BCUT2D eigenvalue weighted by atomic mass is 9.77. The van der Waals surface area contributed by atoms with Gasteiger partial charge in [-0.25, -0.2) is 0 Å². The van der Waals surface area contributed by atoms with Crippen molar-refractivity contribution in [3.63, 3.8) is 0 Å². The van der Waals surface area contributed by atoms with Crippen molar-refractivity contribution < 1.29 is 13.7 Å². The average molecular weight is 535 g/mol. The van der Waals surface area contributed by atoms with Gasteiger partial charge in [-0.05, 0) is 86.7 Å². The van der Waals surface area contributed by atoms with E-state index in [1.54, 1.807) is 0 Å². The van der Waals surface area contributed by atoms with Crippen molar-refractivity contribution in [1.29, 1.82) is 0 Å². The molecule has 1 aliphatic heterocycles. The molecule has 1 saturated heterocycles. The van der Waals surface area contributed by atoms with Gasteiger partial charge in [-0.15, -0.1) is 0 Å². The smallest absolute Gasteiger partial charge is 0.456 e. The minimum absolute atomic E-state index is 0.432. The van der Waals surface area contributed by atoms with Crippen molar-refractivity contribution in [2.45, 2.75) is 38.9 Å². The van der Waals surface area contributed by atoms with Crippen LogP contribution in [0.5, 0.6) is 0 Å². The minimum Gasteiger partial charge on any atom is -0.456 e. The molecular weight excluding hydrogens is 505 g/mol. The first-order valence-corrected chi connectivity index (χ1v) is 14.2. The molecule has 4 nitrogen and oxygen atoms in total. The molecule has 8 rings (SSSR count). The van der Waals surface area contributed by atoms with E-state index in [-0.39, 0.29) is 0 Å². The third kappa shape index (κ3) is 3.63. The highest BCUT2D eigenvalue weighted by atomic mass is 16.7. The quantitative estimate of drug-likeness (QED) is 0.213. The number of rotatable bonds is 3. The van der Waals surface area contributed by atoms with Gasteiger partial charge in [0, 0.05) is 27.2 Å². The van der Waals surface area contributed by atoms with E-state index >= 15 is 0 Å². The van der Waals surface area contributed by atoms with E-state index in [1.165, 1.54) is 21.8 Å². The summed E-state index contributed by atoms with van der Waals surface area (Å²) in [5.41, 5.74) is 7.55. The van der Waals surface area contributed by atoms with Crippen LogP contribution in [0.1, 0.15) is 27.7 Å². The number of hydrogen-bond donors (Lipinski definition) is 0. The highest BCUT2D eigenvalue weighted by molar-refractivity contribution is 6.62. The largest absolute Gasteiger partial charge is 0.494 e. The van der Waals surface area contributed by atoms with Gasteiger partial charge in [0.05, 0.1) is 22.2 Å². The van der Waals surface area contributed by atoms with Crippen LogP contribution in [0.15, 0.2) is 114 Å². The van der Waals surface area contributed by atoms with Gasteiger partial charge in [0.2, 0.25) is 0 Å². The Labute approximate surface area is 239 Å². The predicted molar refractivity (Wildman–Crippen MR) is 169 cm³/mol. The Balaban J connectivity index is 1.40. The van der Waals surface area contributed by atoms with Crippen molar-refractivity contribution >= 4 is 56.3 Å². The lowest BCUT2D eigenvalue weighted by molar-refractivity contribution is 0.00578. The molecule has 0 spiro atoms. The molecule has 41 heavy (non-hydrogen) atoms. The summed E-state index contributed by atoms with van der Waals surface area (Å²) >= 11 is 0. The summed E-state index contributed by atoms with van der Waals surface area (Å²) in [6, 6.07) is 38.6. The van der Waals surface area contributed by atoms with Gasteiger partial charge in [0.1, 0.15) is 11.2 Å². The van der Waals surface area contributed by atoms with Gasteiger partial charge in [-0.1, -0.05) is 66.7 Å². The van der Waals surface area contributed by atoms with E-state index in [2.05, 4.69) is 129 Å². The van der Waals surface area contributed by atoms with E-state index in [1.807, 2.05) is 12.1 Å². The molecule has 5 aromatic carbocycles. The molecule has 0 aliphatic carbocycles. The van der Waals surface area contributed by atoms with E-state index in [0.29, 0.717) is 0 Å². The van der Waals surface area contributed by atoms with Crippen LogP contribution in [0.3, 0.4) is 0 Å². The Kier molecular flexibility index (Phi) is 5.13. The molecule has 0 radical (unpaired) electrons. The summed E-state index contributed by atoms with van der Waals surface area (Å²) < 4.78 is 21.7. The molecule has 3 heterocycles. The SMILES string of the molecule is CC1(C)OB(c2cc(-c3ccc4c(c3)c3ccccc3n4-c3ccccc3)c3c(c2)oc2ccccc23)OC1(C)C. The number of fused-ring (bicyclic) bond motifs is 6. The maximum atomic E-state index is 6.48. The Bertz CT molecular complexity index is 2100. The maximum Gasteiger partial charge on any atom is 0.494 e. The number of aromatic nitrogens is 1. The molecule has 0 saturated carbocycles. The molecule has 0 unspecified atom stereocenters. The zero-order chi connectivity index (χ0) is 27.9. The van der Waals surface area contributed by atoms with Crippen molar-refractivity contribution in [3.8, 4) is 16.8 Å². The first kappa shape index (κ1) is 24.5. The standard InChI is InChI=1S/C36H30BNO3/c1-35(2)36(3,4)41-37(40-35)24-21-28(34-27-15-9-11-17-32(27)39-33(34)22-24)23-18-19-31-29(20-23)26-14-8-10-16-30(26)38(31)25-12-6-5-7-13-25/h5-22H,1-4H3. The van der Waals surface area contributed by atoms with Crippen molar-refractivity contribution in [3.05, 3.63) is 109 Å². The van der Waals surface area contributed by atoms with Crippen molar-refractivity contribution in [1.82, 2.24) is 4.57 Å². The van der Waals surface area contributed by atoms with Gasteiger partial charge in [0.15, 0.2) is 0 Å². The Morgan fingerprint density at radius 2 is 1.24 bits per heavy atom. The fourth-order valence-corrected chi connectivity index (χ4v) is 6.21. The third-order valence-electron chi connectivity index (χ3n) is 9.02. The molecule has 7 aromatic rings. The molecule has 200 valence electrons. The zero-order valence-corrected chi connectivity index (χ0v) is 23.6. The number of para-hydroxylation sites is 3. The third-order valence-corrected chi connectivity index (χ3v) is 9.02. The molecule has 1 aliphatic rings. The highest BCUT2D eigenvalue weighted by Gasteiger charge is 2.52. The summed E-state index contributed by atoms with van der Waals surface area (Å²) in [6.07, 6.45) is 0. The first-order chi connectivity index (χ1) is 19.8. The van der Waals surface area contributed by atoms with Gasteiger partial charge in [-0.2, -0.15) is 0 Å². The lowest BCUT2D eigenvalue weighted by Gasteiger charge is -2.32. The minimum atomic E-state index is -0.486. The van der Waals surface area contributed by atoms with Crippen LogP contribution in [0.2, 0.25) is 0 Å². The zero-order valence-electron chi connectivity index (χ0n) is 23.6. The van der Waals surface area contributed by atoms with E-state index in [4.69, 9.17) is 13.7 Å². The van der Waals surface area contributed by atoms with Crippen LogP contribution in [0, 0.1) is 0 Å². The first-order valence-electron chi connectivity index (χ1n) is 14.2. The summed E-state index contributed by atoms with van der Waals surface area (Å²) in [7, 11) is -0.486. The molecule has 0 amide bonds. The van der Waals surface area contributed by atoms with Gasteiger partial charge >= 0.3 is 7.12 Å². The molecule has 0 bridgehead atoms. The monoisotopic (exact) mass is 535 g/mol. The Hall–Kier alpha value is -4.32. The lowest BCUT2D eigenvalue weighted by Crippen LogP contribution is -2.41. The molecule has 5 heteroatoms. The number of benzene rings is 5. The van der Waals surface area contributed by atoms with E-state index in [9.17, 15) is 0 Å². The van der Waals surface area contributed by atoms with E-state index in [0.717, 1.165) is 44.2 Å². The number of furan rings is 1. The maximum absolute atomic E-state index is 6.48. The molecule has 2 aromatic heterocycles. The van der Waals surface area contributed by atoms with Crippen LogP contribution in [0.4, 0.5) is 0 Å². The number of nitrogens with zero attached hydrogens (tertiary/aromatic N) is 1. The molecule has 0 N–H and O–H groups in total. The fourth-order valence-electron chi connectivity index (χ4n) is 6.21. The second kappa shape index (κ2) is 8.59. The van der Waals surface area contributed by atoms with Gasteiger partial charge < -0.3 is 18.3 Å². The van der Waals surface area contributed by atoms with Crippen molar-refractivity contribution in [2.24, 2.45) is 0 Å². The molecule has 1 fully saturated rings. The van der Waals surface area contributed by atoms with Crippen LogP contribution in [-0.2, 0) is 9.31 Å². The summed E-state index contributed by atoms with van der Waals surface area (Å²) in [4.78, 5) is 0. The Morgan fingerprint density at radius 3 is 2.02 bits per heavy atom. The molecule has 0 atom stereocenters. The topological polar surface area (TPSA) is 36.5 Å². The van der Waals surface area contributed by atoms with Crippen LogP contribution >= 0.6 is 0 Å². The van der Waals surface area contributed by atoms with Crippen molar-refractivity contribution in [2.75, 3.05) is 0 Å².